The van der Waals surface area contributed by atoms with Gasteiger partial charge in [-0.05, 0) is 101 Å². The zero-order chi connectivity index (χ0) is 24.2. The first-order valence-electron chi connectivity index (χ1n) is 12.0. The number of aromatic hydroxyl groups is 1. The van der Waals surface area contributed by atoms with Crippen molar-refractivity contribution in [1.82, 2.24) is 0 Å². The SMILES string of the molecule is C=C1CCC(Br)C2(C)CCC(Br)C3(C)CCC(OC(=O)c4ccc(O)c(c4)CC12)C(C)(C)O3. The lowest BCUT2D eigenvalue weighted by molar-refractivity contribution is -0.214. The molecule has 6 unspecified atom stereocenters. The minimum absolute atomic E-state index is 0.0342. The van der Waals surface area contributed by atoms with E-state index in [1.54, 1.807) is 18.2 Å². The Morgan fingerprint density at radius 3 is 2.48 bits per heavy atom. The zero-order valence-corrected chi connectivity index (χ0v) is 23.3. The number of carbonyl (C=O) groups is 1. The number of hydrogen-bond acceptors (Lipinski definition) is 4. The van der Waals surface area contributed by atoms with Crippen molar-refractivity contribution in [3.05, 3.63) is 41.5 Å². The molecule has 33 heavy (non-hydrogen) atoms. The van der Waals surface area contributed by atoms with Gasteiger partial charge in [-0.25, -0.2) is 4.79 Å². The van der Waals surface area contributed by atoms with Gasteiger partial charge >= 0.3 is 5.97 Å². The van der Waals surface area contributed by atoms with Crippen LogP contribution in [0.3, 0.4) is 0 Å². The molecular formula is C27H36Br2O4. The number of halogens is 2. The molecule has 1 aromatic rings. The van der Waals surface area contributed by atoms with Gasteiger partial charge in [0, 0.05) is 9.65 Å². The molecule has 1 aromatic carbocycles. The van der Waals surface area contributed by atoms with Crippen LogP contribution in [0.25, 0.3) is 0 Å². The van der Waals surface area contributed by atoms with E-state index in [4.69, 9.17) is 9.47 Å². The van der Waals surface area contributed by atoms with Gasteiger partial charge in [-0.3, -0.25) is 0 Å². The molecule has 1 aliphatic carbocycles. The first-order valence-corrected chi connectivity index (χ1v) is 13.9. The van der Waals surface area contributed by atoms with Gasteiger partial charge in [-0.2, -0.15) is 0 Å². The summed E-state index contributed by atoms with van der Waals surface area (Å²) in [7, 11) is 0. The van der Waals surface area contributed by atoms with Gasteiger partial charge < -0.3 is 14.6 Å². The number of phenolic OH excluding ortho intramolecular Hbond substituents is 1. The Hall–Kier alpha value is -0.850. The third-order valence-electron chi connectivity index (χ3n) is 8.49. The summed E-state index contributed by atoms with van der Waals surface area (Å²) in [5, 5.41) is 10.7. The number of carbonyl (C=O) groups excluding carboxylic acids is 1. The van der Waals surface area contributed by atoms with Crippen LogP contribution in [0.4, 0.5) is 0 Å². The summed E-state index contributed by atoms with van der Waals surface area (Å²) < 4.78 is 12.6. The molecule has 0 radical (unpaired) electrons. The molecule has 6 atom stereocenters. The van der Waals surface area contributed by atoms with Gasteiger partial charge in [0.1, 0.15) is 17.5 Å². The number of alkyl halides is 2. The van der Waals surface area contributed by atoms with Crippen LogP contribution in [0.5, 0.6) is 5.75 Å². The van der Waals surface area contributed by atoms with Crippen LogP contribution < -0.4 is 0 Å². The number of hydrogen-bond donors (Lipinski definition) is 1. The molecule has 6 heteroatoms. The molecule has 1 N–H and O–H groups in total. The molecule has 3 heterocycles. The van der Waals surface area contributed by atoms with Crippen molar-refractivity contribution in [1.29, 1.82) is 0 Å². The summed E-state index contributed by atoms with van der Waals surface area (Å²) in [5.74, 6) is 0.0488. The van der Waals surface area contributed by atoms with Crippen LogP contribution >= 0.6 is 31.9 Å². The topological polar surface area (TPSA) is 55.8 Å². The van der Waals surface area contributed by atoms with Gasteiger partial charge in [0.25, 0.3) is 0 Å². The monoisotopic (exact) mass is 582 g/mol. The van der Waals surface area contributed by atoms with Crippen LogP contribution in [0.1, 0.15) is 82.1 Å². The van der Waals surface area contributed by atoms with Crippen molar-refractivity contribution in [2.45, 2.75) is 99.6 Å². The molecule has 1 saturated carbocycles. The molecule has 4 bridgehead atoms. The lowest BCUT2D eigenvalue weighted by atomic mass is 9.61. The Morgan fingerprint density at radius 2 is 1.79 bits per heavy atom. The number of esters is 1. The number of fused-ring (bicyclic) bond motifs is 5. The van der Waals surface area contributed by atoms with Crippen LogP contribution in [0, 0.1) is 11.3 Å². The van der Waals surface area contributed by atoms with Crippen LogP contribution in [0.2, 0.25) is 0 Å². The summed E-state index contributed by atoms with van der Waals surface area (Å²) in [4.78, 5) is 13.6. The number of benzene rings is 1. The molecule has 0 aromatic heterocycles. The first-order chi connectivity index (χ1) is 15.4. The maximum absolute atomic E-state index is 13.1. The normalized spacial score (nSPS) is 39.2. The minimum Gasteiger partial charge on any atom is -0.508 e. The van der Waals surface area contributed by atoms with Crippen molar-refractivity contribution in [3.8, 4) is 5.75 Å². The van der Waals surface area contributed by atoms with Gasteiger partial charge in [-0.15, -0.1) is 0 Å². The second-order valence-corrected chi connectivity index (χ2v) is 13.4. The maximum Gasteiger partial charge on any atom is 0.338 e. The standard InChI is InChI=1S/C27H36Br2O4/c1-16-6-9-21(28)26(4)12-10-22(29)27(5)13-11-23(25(2,3)33-27)32-24(31)17-7-8-20(30)18(14-17)15-19(16)26/h7-8,14,19,21-23,30H,1,6,9-13,15H2,2-5H3. The predicted octanol–water partition coefficient (Wildman–Crippen LogP) is 7.10. The highest BCUT2D eigenvalue weighted by Gasteiger charge is 2.50. The van der Waals surface area contributed by atoms with E-state index >= 15 is 0 Å². The Morgan fingerprint density at radius 1 is 1.06 bits per heavy atom. The third-order valence-corrected chi connectivity index (χ3v) is 11.4. The summed E-state index contributed by atoms with van der Waals surface area (Å²) in [5.41, 5.74) is 1.49. The lowest BCUT2D eigenvalue weighted by Gasteiger charge is -2.51. The fourth-order valence-corrected chi connectivity index (χ4v) is 7.48. The predicted molar refractivity (Wildman–Crippen MR) is 138 cm³/mol. The zero-order valence-electron chi connectivity index (χ0n) is 20.1. The highest BCUT2D eigenvalue weighted by molar-refractivity contribution is 9.09. The van der Waals surface area contributed by atoms with E-state index in [9.17, 15) is 9.90 Å². The van der Waals surface area contributed by atoms with Gasteiger partial charge in [-0.1, -0.05) is 50.9 Å². The van der Waals surface area contributed by atoms with Crippen molar-refractivity contribution in [2.75, 3.05) is 0 Å². The summed E-state index contributed by atoms with van der Waals surface area (Å²) >= 11 is 8.00. The Bertz CT molecular complexity index is 944. The Balaban J connectivity index is 1.79. The third kappa shape index (κ3) is 4.69. The number of allylic oxidation sites excluding steroid dienone is 1. The molecular weight excluding hydrogens is 548 g/mol. The molecule has 3 aliphatic heterocycles. The molecule has 2 fully saturated rings. The van der Waals surface area contributed by atoms with E-state index in [1.165, 1.54) is 5.57 Å². The van der Waals surface area contributed by atoms with Gasteiger partial charge in [0.15, 0.2) is 0 Å². The van der Waals surface area contributed by atoms with Crippen molar-refractivity contribution < 1.29 is 19.4 Å². The average Bonchev–Trinajstić information content (AvgIpc) is 2.74. The molecule has 4 aliphatic rings. The van der Waals surface area contributed by atoms with Crippen molar-refractivity contribution >= 4 is 37.8 Å². The summed E-state index contributed by atoms with van der Waals surface area (Å²) in [6.45, 7) is 13.0. The molecule has 0 amide bonds. The van der Waals surface area contributed by atoms with E-state index in [1.807, 2.05) is 13.8 Å². The average molecular weight is 584 g/mol. The quantitative estimate of drug-likeness (QED) is 0.201. The van der Waals surface area contributed by atoms with Crippen LogP contribution in [-0.2, 0) is 15.9 Å². The lowest BCUT2D eigenvalue weighted by Crippen LogP contribution is -2.56. The molecule has 0 spiro atoms. The van der Waals surface area contributed by atoms with E-state index < -0.39 is 5.60 Å². The summed E-state index contributed by atoms with van der Waals surface area (Å²) in [6, 6.07) is 5.07. The van der Waals surface area contributed by atoms with Crippen molar-refractivity contribution in [2.24, 2.45) is 11.3 Å². The fourth-order valence-electron chi connectivity index (χ4n) is 6.15. The van der Waals surface area contributed by atoms with Gasteiger partial charge in [0.05, 0.1) is 11.2 Å². The molecule has 1 saturated heterocycles. The molecule has 5 rings (SSSR count). The fraction of sp³-hybridized carbons (Fsp3) is 0.667. The van der Waals surface area contributed by atoms with Gasteiger partial charge in [0.2, 0.25) is 0 Å². The highest BCUT2D eigenvalue weighted by atomic mass is 79.9. The van der Waals surface area contributed by atoms with Crippen LogP contribution in [0.15, 0.2) is 30.4 Å². The highest BCUT2D eigenvalue weighted by Crippen LogP contribution is 2.53. The summed E-state index contributed by atoms with van der Waals surface area (Å²) in [6.07, 6.45) is 5.88. The Labute approximate surface area is 214 Å². The smallest absolute Gasteiger partial charge is 0.338 e. The van der Waals surface area contributed by atoms with Crippen molar-refractivity contribution in [3.63, 3.8) is 0 Å². The molecule has 182 valence electrons. The first kappa shape index (κ1) is 25.2. The second kappa shape index (κ2) is 8.98. The van der Waals surface area contributed by atoms with E-state index in [0.29, 0.717) is 16.8 Å². The molecule has 4 nitrogen and oxygen atoms in total. The minimum atomic E-state index is -0.599. The van der Waals surface area contributed by atoms with E-state index in [-0.39, 0.29) is 39.6 Å². The van der Waals surface area contributed by atoms with E-state index in [2.05, 4.69) is 52.3 Å². The second-order valence-electron chi connectivity index (χ2n) is 11.2. The largest absolute Gasteiger partial charge is 0.508 e. The number of ether oxygens (including phenoxy) is 2. The number of rotatable bonds is 0. The number of phenols is 1. The van der Waals surface area contributed by atoms with E-state index in [0.717, 1.165) is 44.1 Å². The van der Waals surface area contributed by atoms with Crippen LogP contribution in [-0.4, -0.2) is 38.0 Å². The Kier molecular flexibility index (Phi) is 6.87. The maximum atomic E-state index is 13.1.